The molecule has 0 aromatic carbocycles. The number of halogens is 2. The van der Waals surface area contributed by atoms with E-state index in [4.69, 9.17) is 5.73 Å². The second-order valence-electron chi connectivity index (χ2n) is 7.05. The van der Waals surface area contributed by atoms with E-state index in [-0.39, 0.29) is 64.9 Å². The highest BCUT2D eigenvalue weighted by molar-refractivity contribution is 14.0. The molecule has 0 saturated carbocycles. The first-order valence-corrected chi connectivity index (χ1v) is 9.46. The molecular weight excluding hydrogens is 582 g/mol. The van der Waals surface area contributed by atoms with Crippen molar-refractivity contribution in [2.45, 2.75) is 11.4 Å². The third kappa shape index (κ3) is 3.81. The molecular formula is C16H25I2N4O3S+. The number of rotatable bonds is 4. The van der Waals surface area contributed by atoms with Gasteiger partial charge in [-0.15, -0.1) is 59.7 Å². The maximum absolute atomic E-state index is 11.9. The monoisotopic (exact) mass is 607 g/mol. The summed E-state index contributed by atoms with van der Waals surface area (Å²) in [4.78, 5) is 27.4. The van der Waals surface area contributed by atoms with E-state index in [9.17, 15) is 14.7 Å². The molecule has 0 aromatic heterocycles. The minimum Gasteiger partial charge on any atom is -0.477 e. The zero-order chi connectivity index (χ0) is 16.9. The van der Waals surface area contributed by atoms with Gasteiger partial charge in [0, 0.05) is 25.4 Å². The molecule has 0 aromatic rings. The van der Waals surface area contributed by atoms with Crippen LogP contribution < -0.4 is 5.73 Å². The maximum Gasteiger partial charge on any atom is 0.352 e. The largest absolute Gasteiger partial charge is 0.477 e. The zero-order valence-corrected chi connectivity index (χ0v) is 19.9. The number of allylic oxidation sites excluding steroid dienone is 1. The quantitative estimate of drug-likeness (QED) is 0.276. The molecule has 5 aliphatic rings. The zero-order valence-electron chi connectivity index (χ0n) is 14.4. The molecule has 0 spiro atoms. The number of carbonyl (C=O) groups excluding carboxylic acids is 1. The summed E-state index contributed by atoms with van der Waals surface area (Å²) in [6.07, 6.45) is 4.02. The average molecular weight is 607 g/mol. The molecule has 4 fully saturated rings. The van der Waals surface area contributed by atoms with Crippen LogP contribution in [0.1, 0.15) is 0 Å². The fourth-order valence-electron chi connectivity index (χ4n) is 4.09. The highest BCUT2D eigenvalue weighted by Crippen LogP contribution is 2.39. The normalized spacial score (nSPS) is 35.5. The number of hydrogen-bond acceptors (Lipinski definition) is 5. The van der Waals surface area contributed by atoms with Crippen molar-refractivity contribution in [3.8, 4) is 0 Å². The average Bonchev–Trinajstić information content (AvgIpc) is 2.61. The standard InChI is InChI=1S/C16H22N4O3S.2HI/c17-12-14(21)19-13(16(22)23)11(10-24-15(12)19)2-1-6-20-7-3-18(4-8-20)5-9-20;;/h1-2,12,15H,3-10,17H2;2*1H/p+1/t12-,15-;;/m1../s1. The Balaban J connectivity index is 0.00000121. The van der Waals surface area contributed by atoms with Gasteiger partial charge in [-0.05, 0) is 11.6 Å². The molecule has 2 atom stereocenters. The predicted octanol–water partition coefficient (Wildman–Crippen LogP) is 0.506. The number of nitrogens with zero attached hydrogens (tertiary/aromatic N) is 3. The van der Waals surface area contributed by atoms with E-state index < -0.39 is 12.0 Å². The Labute approximate surface area is 191 Å². The summed E-state index contributed by atoms with van der Waals surface area (Å²) in [5, 5.41) is 9.32. The molecule has 7 nitrogen and oxygen atoms in total. The van der Waals surface area contributed by atoms with Gasteiger partial charge in [-0.3, -0.25) is 14.6 Å². The summed E-state index contributed by atoms with van der Waals surface area (Å²) < 4.78 is 1.10. The molecule has 0 aliphatic carbocycles. The molecule has 26 heavy (non-hydrogen) atoms. The molecule has 0 radical (unpaired) electrons. The van der Waals surface area contributed by atoms with Crippen molar-refractivity contribution in [2.24, 2.45) is 5.73 Å². The van der Waals surface area contributed by atoms with Crippen LogP contribution in [0.15, 0.2) is 23.4 Å². The molecule has 5 rings (SSSR count). The number of piperazine rings is 3. The van der Waals surface area contributed by atoms with Crippen LogP contribution in [-0.4, -0.2) is 94.2 Å². The summed E-state index contributed by atoms with van der Waals surface area (Å²) in [7, 11) is 0. The number of carbonyl (C=O) groups is 2. The van der Waals surface area contributed by atoms with Gasteiger partial charge < -0.3 is 15.3 Å². The van der Waals surface area contributed by atoms with Gasteiger partial charge in [0.25, 0.3) is 0 Å². The molecule has 2 bridgehead atoms. The maximum atomic E-state index is 11.9. The summed E-state index contributed by atoms with van der Waals surface area (Å²) in [6, 6.07) is -0.571. The fraction of sp³-hybridized carbons (Fsp3) is 0.625. The second kappa shape index (κ2) is 8.64. The van der Waals surface area contributed by atoms with Gasteiger partial charge in [-0.25, -0.2) is 4.79 Å². The minimum absolute atomic E-state index is 0. The second-order valence-corrected chi connectivity index (χ2v) is 8.16. The first-order valence-electron chi connectivity index (χ1n) is 8.41. The van der Waals surface area contributed by atoms with E-state index in [0.717, 1.165) is 36.2 Å². The van der Waals surface area contributed by atoms with Gasteiger partial charge in [0.15, 0.2) is 0 Å². The van der Waals surface area contributed by atoms with Gasteiger partial charge in [-0.2, -0.15) is 0 Å². The van der Waals surface area contributed by atoms with Crippen molar-refractivity contribution >= 4 is 71.6 Å². The molecule has 5 heterocycles. The van der Waals surface area contributed by atoms with Gasteiger partial charge in [0.2, 0.25) is 5.91 Å². The number of fused-ring (bicyclic) bond motifs is 4. The Kier molecular flexibility index (Phi) is 7.44. The first-order chi connectivity index (χ1) is 11.5. The lowest BCUT2D eigenvalue weighted by Gasteiger charge is -2.50. The summed E-state index contributed by atoms with van der Waals surface area (Å²) in [5.41, 5.74) is 6.61. The lowest BCUT2D eigenvalue weighted by molar-refractivity contribution is -0.935. The van der Waals surface area contributed by atoms with Gasteiger partial charge in [0.1, 0.15) is 17.1 Å². The lowest BCUT2D eigenvalue weighted by atomic mass is 10.0. The third-order valence-corrected chi connectivity index (χ3v) is 7.05. The number of thioether (sulfide) groups is 1. The van der Waals surface area contributed by atoms with Gasteiger partial charge in [0.05, 0.1) is 26.2 Å². The van der Waals surface area contributed by atoms with E-state index in [1.807, 2.05) is 6.08 Å². The number of β-lactam (4-membered cyclic amide) rings is 1. The molecule has 10 heteroatoms. The Morgan fingerprint density at radius 3 is 2.46 bits per heavy atom. The molecule has 1 amide bonds. The van der Waals surface area contributed by atoms with Gasteiger partial charge in [-0.1, -0.05) is 6.08 Å². The van der Waals surface area contributed by atoms with Crippen molar-refractivity contribution in [1.29, 1.82) is 0 Å². The van der Waals surface area contributed by atoms with E-state index >= 15 is 0 Å². The van der Waals surface area contributed by atoms with Crippen molar-refractivity contribution in [2.75, 3.05) is 51.6 Å². The third-order valence-electron chi connectivity index (χ3n) is 5.72. The van der Waals surface area contributed by atoms with E-state index in [1.54, 1.807) is 11.8 Å². The molecule has 146 valence electrons. The van der Waals surface area contributed by atoms with Crippen molar-refractivity contribution in [3.63, 3.8) is 0 Å². The highest BCUT2D eigenvalue weighted by Gasteiger charge is 2.51. The van der Waals surface area contributed by atoms with Crippen LogP contribution in [0.5, 0.6) is 0 Å². The number of amides is 1. The first kappa shape index (κ1) is 22.4. The van der Waals surface area contributed by atoms with Gasteiger partial charge >= 0.3 is 5.97 Å². The van der Waals surface area contributed by atoms with Crippen molar-refractivity contribution < 1.29 is 19.2 Å². The summed E-state index contributed by atoms with van der Waals surface area (Å²) in [5.74, 6) is -0.739. The SMILES string of the molecule is I.I.N[C@@H]1C(=O)N2C(C(=O)O)=C(C=CC[N+]34CCN(CC3)CC4)CS[C@H]12. The Hall–Kier alpha value is 0.110. The Morgan fingerprint density at radius 1 is 1.27 bits per heavy atom. The Morgan fingerprint density at radius 2 is 1.88 bits per heavy atom. The molecule has 5 aliphatic heterocycles. The highest BCUT2D eigenvalue weighted by atomic mass is 127. The van der Waals surface area contributed by atoms with Crippen molar-refractivity contribution in [3.05, 3.63) is 23.4 Å². The summed E-state index contributed by atoms with van der Waals surface area (Å²) in [6.45, 7) is 7.94. The minimum atomic E-state index is -1.04. The number of carboxylic acids is 1. The topological polar surface area (TPSA) is 86.9 Å². The van der Waals surface area contributed by atoms with Crippen LogP contribution in [0, 0.1) is 0 Å². The van der Waals surface area contributed by atoms with Crippen LogP contribution >= 0.6 is 59.7 Å². The smallest absolute Gasteiger partial charge is 0.352 e. The number of nitrogens with two attached hydrogens (primary N) is 1. The number of carboxylic acid groups (broad SMARTS) is 1. The number of aliphatic carboxylic acids is 1. The van der Waals surface area contributed by atoms with Crippen LogP contribution in [0.4, 0.5) is 0 Å². The van der Waals surface area contributed by atoms with Crippen molar-refractivity contribution in [1.82, 2.24) is 9.80 Å². The van der Waals surface area contributed by atoms with E-state index in [1.165, 1.54) is 24.5 Å². The summed E-state index contributed by atoms with van der Waals surface area (Å²) >= 11 is 1.55. The molecule has 0 unspecified atom stereocenters. The number of hydrogen-bond donors (Lipinski definition) is 2. The fourth-order valence-corrected chi connectivity index (χ4v) is 5.36. The number of quaternary nitrogens is 1. The Bertz CT molecular complexity index is 636. The van der Waals surface area contributed by atoms with E-state index in [2.05, 4.69) is 11.0 Å². The van der Waals surface area contributed by atoms with Crippen LogP contribution in [0.3, 0.4) is 0 Å². The predicted molar refractivity (Wildman–Crippen MR) is 122 cm³/mol. The molecule has 4 saturated heterocycles. The lowest BCUT2D eigenvalue weighted by Crippen LogP contribution is -2.68. The van der Waals surface area contributed by atoms with Crippen LogP contribution in [0.2, 0.25) is 0 Å². The van der Waals surface area contributed by atoms with Crippen LogP contribution in [0.25, 0.3) is 0 Å². The van der Waals surface area contributed by atoms with E-state index in [0.29, 0.717) is 5.75 Å². The molecule has 3 N–H and O–H groups in total. The van der Waals surface area contributed by atoms with Crippen LogP contribution in [-0.2, 0) is 9.59 Å².